The van der Waals surface area contributed by atoms with E-state index in [1.807, 2.05) is 25.1 Å². The molecule has 0 spiro atoms. The van der Waals surface area contributed by atoms with Gasteiger partial charge in [-0.05, 0) is 49.4 Å². The van der Waals surface area contributed by atoms with Crippen molar-refractivity contribution in [2.75, 3.05) is 25.1 Å². The second kappa shape index (κ2) is 5.30. The normalized spacial score (nSPS) is 18.0. The third-order valence-electron chi connectivity index (χ3n) is 4.50. The van der Waals surface area contributed by atoms with Crippen LogP contribution in [0.2, 0.25) is 0 Å². The van der Waals surface area contributed by atoms with Crippen molar-refractivity contribution in [1.29, 1.82) is 0 Å². The third kappa shape index (κ3) is 2.76. The summed E-state index contributed by atoms with van der Waals surface area (Å²) in [4.78, 5) is 27.7. The molecule has 2 aliphatic rings. The highest BCUT2D eigenvalue weighted by molar-refractivity contribution is 5.96. The second-order valence-corrected chi connectivity index (χ2v) is 6.46. The lowest BCUT2D eigenvalue weighted by molar-refractivity contribution is -0.126. The number of hydrogen-bond donors (Lipinski definition) is 1. The Morgan fingerprint density at radius 2 is 2.22 bits per heavy atom. The number of anilines is 1. The molecule has 1 aromatic heterocycles. The van der Waals surface area contributed by atoms with E-state index in [9.17, 15) is 9.59 Å². The predicted octanol–water partition coefficient (Wildman–Crippen LogP) is 2.78. The topological polar surface area (TPSA) is 65.8 Å². The van der Waals surface area contributed by atoms with Crippen molar-refractivity contribution in [2.45, 2.75) is 19.8 Å². The fourth-order valence-electron chi connectivity index (χ4n) is 2.94. The first-order chi connectivity index (χ1) is 11.1. The zero-order valence-electron chi connectivity index (χ0n) is 13.0. The fraction of sp³-hybridized carbons (Fsp3) is 0.412. The lowest BCUT2D eigenvalue weighted by Crippen LogP contribution is -2.35. The molecule has 1 aliphatic heterocycles. The van der Waals surface area contributed by atoms with Crippen molar-refractivity contribution in [2.24, 2.45) is 5.92 Å². The van der Waals surface area contributed by atoms with Gasteiger partial charge in [-0.25, -0.2) is 4.79 Å². The van der Waals surface area contributed by atoms with Gasteiger partial charge < -0.3 is 14.6 Å². The molecule has 3 amide bonds. The molecule has 23 heavy (non-hydrogen) atoms. The molecule has 1 N–H and O–H groups in total. The molecule has 1 saturated carbocycles. The number of rotatable bonds is 3. The van der Waals surface area contributed by atoms with Crippen LogP contribution in [-0.4, -0.2) is 41.5 Å². The Morgan fingerprint density at radius 1 is 1.39 bits per heavy atom. The molecular weight excluding hydrogens is 294 g/mol. The highest BCUT2D eigenvalue weighted by Gasteiger charge is 2.34. The van der Waals surface area contributed by atoms with Crippen LogP contribution in [0.25, 0.3) is 11.0 Å². The molecule has 1 saturated heterocycles. The minimum Gasteiger partial charge on any atom is -0.464 e. The van der Waals surface area contributed by atoms with Crippen LogP contribution in [0.15, 0.2) is 28.9 Å². The number of furan rings is 1. The van der Waals surface area contributed by atoms with Gasteiger partial charge in [0.2, 0.25) is 5.91 Å². The maximum Gasteiger partial charge on any atom is 0.323 e. The van der Waals surface area contributed by atoms with Crippen LogP contribution < -0.4 is 5.32 Å². The van der Waals surface area contributed by atoms with Crippen LogP contribution in [0.5, 0.6) is 0 Å². The highest BCUT2D eigenvalue weighted by Crippen LogP contribution is 2.30. The van der Waals surface area contributed by atoms with Crippen LogP contribution >= 0.6 is 0 Å². The molecule has 0 radical (unpaired) electrons. The maximum absolute atomic E-state index is 12.4. The molecule has 0 bridgehead atoms. The lowest BCUT2D eigenvalue weighted by Gasteiger charge is -2.18. The van der Waals surface area contributed by atoms with E-state index >= 15 is 0 Å². The number of amides is 3. The highest BCUT2D eigenvalue weighted by atomic mass is 16.3. The molecular formula is C17H19N3O3. The van der Waals surface area contributed by atoms with E-state index in [1.54, 1.807) is 16.1 Å². The Balaban J connectivity index is 1.44. The summed E-state index contributed by atoms with van der Waals surface area (Å²) in [6, 6.07) is 5.30. The van der Waals surface area contributed by atoms with E-state index in [2.05, 4.69) is 5.32 Å². The van der Waals surface area contributed by atoms with Crippen molar-refractivity contribution in [1.82, 2.24) is 9.80 Å². The SMILES string of the molecule is Cc1coc2ccc(NC(=O)N3CC(=O)N(CC4CC4)C3)cc12. The predicted molar refractivity (Wildman–Crippen MR) is 86.0 cm³/mol. The van der Waals surface area contributed by atoms with E-state index in [1.165, 1.54) is 12.8 Å². The number of nitrogens with one attached hydrogen (secondary N) is 1. The zero-order chi connectivity index (χ0) is 16.0. The first kappa shape index (κ1) is 14.1. The fourth-order valence-corrected chi connectivity index (χ4v) is 2.94. The molecule has 6 heteroatoms. The molecule has 2 aromatic rings. The summed E-state index contributed by atoms with van der Waals surface area (Å²) in [6.07, 6.45) is 4.09. The van der Waals surface area contributed by atoms with Gasteiger partial charge in [0.15, 0.2) is 0 Å². The van der Waals surface area contributed by atoms with E-state index in [0.717, 1.165) is 23.1 Å². The average molecular weight is 313 g/mol. The molecule has 1 aromatic carbocycles. The quantitative estimate of drug-likeness (QED) is 0.947. The van der Waals surface area contributed by atoms with Crippen molar-refractivity contribution >= 4 is 28.6 Å². The average Bonchev–Trinajstić information content (AvgIpc) is 3.17. The Labute approximate surface area is 134 Å². The molecule has 0 atom stereocenters. The summed E-state index contributed by atoms with van der Waals surface area (Å²) < 4.78 is 5.40. The molecule has 6 nitrogen and oxygen atoms in total. The Kier molecular flexibility index (Phi) is 3.25. The van der Waals surface area contributed by atoms with Crippen molar-refractivity contribution < 1.29 is 14.0 Å². The van der Waals surface area contributed by atoms with Gasteiger partial charge in [0.1, 0.15) is 12.1 Å². The number of carbonyl (C=O) groups excluding carboxylic acids is 2. The molecule has 1 aliphatic carbocycles. The van der Waals surface area contributed by atoms with Gasteiger partial charge in [-0.2, -0.15) is 0 Å². The standard InChI is InChI=1S/C17H19N3O3/c1-11-9-23-15-5-4-13(6-14(11)15)18-17(22)20-8-16(21)19(10-20)7-12-2-3-12/h4-6,9,12H,2-3,7-8,10H2,1H3,(H,18,22). The minimum atomic E-state index is -0.239. The van der Waals surface area contributed by atoms with Crippen LogP contribution in [0.4, 0.5) is 10.5 Å². The monoisotopic (exact) mass is 313 g/mol. The van der Waals surface area contributed by atoms with Crippen molar-refractivity contribution in [3.63, 3.8) is 0 Å². The van der Waals surface area contributed by atoms with Gasteiger partial charge in [0.25, 0.3) is 0 Å². The number of hydrogen-bond acceptors (Lipinski definition) is 3. The van der Waals surface area contributed by atoms with E-state index < -0.39 is 0 Å². The first-order valence-corrected chi connectivity index (χ1v) is 7.92. The molecule has 0 unspecified atom stereocenters. The molecule has 4 rings (SSSR count). The zero-order valence-corrected chi connectivity index (χ0v) is 13.0. The summed E-state index contributed by atoms with van der Waals surface area (Å²) in [5, 5.41) is 3.85. The minimum absolute atomic E-state index is 0.0354. The molecule has 120 valence electrons. The summed E-state index contributed by atoms with van der Waals surface area (Å²) >= 11 is 0. The van der Waals surface area contributed by atoms with Gasteiger partial charge in [-0.1, -0.05) is 0 Å². The summed E-state index contributed by atoms with van der Waals surface area (Å²) in [6.45, 7) is 3.29. The third-order valence-corrected chi connectivity index (χ3v) is 4.50. The van der Waals surface area contributed by atoms with Gasteiger partial charge in [0, 0.05) is 17.6 Å². The van der Waals surface area contributed by atoms with E-state index in [0.29, 0.717) is 18.3 Å². The molecule has 2 fully saturated rings. The number of nitrogens with zero attached hydrogens (tertiary/aromatic N) is 2. The first-order valence-electron chi connectivity index (χ1n) is 7.92. The van der Waals surface area contributed by atoms with Crippen LogP contribution in [0, 0.1) is 12.8 Å². The van der Waals surface area contributed by atoms with Gasteiger partial charge >= 0.3 is 6.03 Å². The largest absolute Gasteiger partial charge is 0.464 e. The lowest BCUT2D eigenvalue weighted by atomic mass is 10.2. The Bertz CT molecular complexity index is 778. The van der Waals surface area contributed by atoms with Gasteiger partial charge in [-0.15, -0.1) is 0 Å². The maximum atomic E-state index is 12.4. The smallest absolute Gasteiger partial charge is 0.323 e. The summed E-state index contributed by atoms with van der Waals surface area (Å²) in [5.41, 5.74) is 2.54. The van der Waals surface area contributed by atoms with Gasteiger partial charge in [-0.3, -0.25) is 9.69 Å². The van der Waals surface area contributed by atoms with Crippen LogP contribution in [0.1, 0.15) is 18.4 Å². The van der Waals surface area contributed by atoms with Crippen molar-refractivity contribution in [3.05, 3.63) is 30.0 Å². The van der Waals surface area contributed by atoms with E-state index in [4.69, 9.17) is 4.42 Å². The Hall–Kier alpha value is -2.50. The number of benzene rings is 1. The molecule has 2 heterocycles. The Morgan fingerprint density at radius 3 is 3.00 bits per heavy atom. The summed E-state index contributed by atoms with van der Waals surface area (Å²) in [7, 11) is 0. The summed E-state index contributed by atoms with van der Waals surface area (Å²) in [5.74, 6) is 0.668. The van der Waals surface area contributed by atoms with E-state index in [-0.39, 0.29) is 18.5 Å². The number of carbonyl (C=O) groups is 2. The number of urea groups is 1. The second-order valence-electron chi connectivity index (χ2n) is 6.46. The van der Waals surface area contributed by atoms with Crippen LogP contribution in [0.3, 0.4) is 0 Å². The van der Waals surface area contributed by atoms with Gasteiger partial charge in [0.05, 0.1) is 12.9 Å². The number of aryl methyl sites for hydroxylation is 1. The van der Waals surface area contributed by atoms with Crippen LogP contribution in [-0.2, 0) is 4.79 Å². The van der Waals surface area contributed by atoms with Crippen molar-refractivity contribution in [3.8, 4) is 0 Å². The number of fused-ring (bicyclic) bond motifs is 1.